The van der Waals surface area contributed by atoms with Crippen LogP contribution in [-0.2, 0) is 0 Å². The van der Waals surface area contributed by atoms with Crippen molar-refractivity contribution in [3.05, 3.63) is 65.1 Å². The third-order valence-electron chi connectivity index (χ3n) is 1.97. The van der Waals surface area contributed by atoms with Crippen LogP contribution in [0.2, 0.25) is 0 Å². The van der Waals surface area contributed by atoms with Gasteiger partial charge in [-0.15, -0.1) is 0 Å². The molecule has 0 radical (unpaired) electrons. The van der Waals surface area contributed by atoms with Crippen LogP contribution in [-0.4, -0.2) is 5.10 Å². The molecule has 1 aromatic carbocycles. The maximum absolute atomic E-state index is 10.9. The van der Waals surface area contributed by atoms with Gasteiger partial charge >= 0.3 is 0 Å². The Kier molecular flexibility index (Phi) is 2.74. The van der Waals surface area contributed by atoms with Crippen LogP contribution in [0.25, 0.3) is 12.2 Å². The number of aromatic nitrogens is 2. The second kappa shape index (κ2) is 4.37. The summed E-state index contributed by atoms with van der Waals surface area (Å²) in [6.07, 6.45) is 6.75. The number of hydrogen-bond acceptors (Lipinski definition) is 2. The molecule has 0 aliphatic heterocycles. The second-order valence-electron chi connectivity index (χ2n) is 3.11. The first-order valence-electron chi connectivity index (χ1n) is 4.63. The summed E-state index contributed by atoms with van der Waals surface area (Å²) in [5.74, 6) is 0. The van der Waals surface area contributed by atoms with Gasteiger partial charge in [-0.1, -0.05) is 41.3 Å². The van der Waals surface area contributed by atoms with E-state index in [2.05, 4.69) is 5.10 Å². The predicted molar refractivity (Wildman–Crippen MR) is 58.6 cm³/mol. The van der Waals surface area contributed by atoms with Gasteiger partial charge < -0.3 is 5.21 Å². The van der Waals surface area contributed by atoms with Crippen LogP contribution in [0.5, 0.6) is 0 Å². The van der Waals surface area contributed by atoms with Gasteiger partial charge in [0.05, 0.1) is 6.20 Å². The summed E-state index contributed by atoms with van der Waals surface area (Å²) in [6.45, 7) is 0. The molecule has 15 heavy (non-hydrogen) atoms. The zero-order valence-corrected chi connectivity index (χ0v) is 8.08. The molecule has 1 heterocycles. The van der Waals surface area contributed by atoms with Gasteiger partial charge in [-0.25, -0.2) is 0 Å². The Hall–Kier alpha value is -2.16. The molecule has 0 saturated carbocycles. The molecular formula is C12H10N2O. The maximum Gasteiger partial charge on any atom is 0.217 e. The molecule has 0 unspecified atom stereocenters. The maximum atomic E-state index is 10.9. The fraction of sp³-hybridized carbons (Fsp3) is 0. The minimum Gasteiger partial charge on any atom is -0.594 e. The molecule has 3 heteroatoms. The smallest absolute Gasteiger partial charge is 0.217 e. The number of benzene rings is 1. The summed E-state index contributed by atoms with van der Waals surface area (Å²) in [6, 6.07) is 11.7. The molecular weight excluding hydrogens is 188 g/mol. The molecule has 0 atom stereocenters. The zero-order valence-electron chi connectivity index (χ0n) is 8.08. The van der Waals surface area contributed by atoms with Gasteiger partial charge in [0.1, 0.15) is 0 Å². The number of rotatable bonds is 2. The van der Waals surface area contributed by atoms with Crippen molar-refractivity contribution in [3.8, 4) is 0 Å². The van der Waals surface area contributed by atoms with Crippen molar-refractivity contribution in [2.24, 2.45) is 0 Å². The Morgan fingerprint density at radius 3 is 2.47 bits per heavy atom. The van der Waals surface area contributed by atoms with Crippen molar-refractivity contribution in [3.63, 3.8) is 0 Å². The Balaban J connectivity index is 2.19. The first-order valence-corrected chi connectivity index (χ1v) is 4.63. The van der Waals surface area contributed by atoms with Gasteiger partial charge in [0.25, 0.3) is 0 Å². The molecule has 0 fully saturated rings. The molecule has 0 amide bonds. The lowest BCUT2D eigenvalue weighted by atomic mass is 10.2. The topological polar surface area (TPSA) is 39.8 Å². The van der Waals surface area contributed by atoms with Gasteiger partial charge in [0.2, 0.25) is 6.20 Å². The molecule has 0 saturated heterocycles. The van der Waals surface area contributed by atoms with Gasteiger partial charge in [0.15, 0.2) is 0 Å². The van der Waals surface area contributed by atoms with E-state index in [-0.39, 0.29) is 0 Å². The lowest BCUT2D eigenvalue weighted by molar-refractivity contribution is -0.669. The average Bonchev–Trinajstić information content (AvgIpc) is 2.28. The fourth-order valence-electron chi connectivity index (χ4n) is 1.24. The average molecular weight is 198 g/mol. The Labute approximate surface area is 87.9 Å². The normalized spacial score (nSPS) is 10.7. The lowest BCUT2D eigenvalue weighted by Gasteiger charge is -1.93. The monoisotopic (exact) mass is 198 g/mol. The fourth-order valence-corrected chi connectivity index (χ4v) is 1.24. The van der Waals surface area contributed by atoms with Crippen LogP contribution in [0.1, 0.15) is 11.1 Å². The third-order valence-corrected chi connectivity index (χ3v) is 1.97. The van der Waals surface area contributed by atoms with E-state index in [4.69, 9.17) is 0 Å². The first kappa shape index (κ1) is 9.40. The first-order chi connectivity index (χ1) is 7.34. The minimum atomic E-state index is 0.546. The molecule has 2 aromatic rings. The van der Waals surface area contributed by atoms with Crippen LogP contribution in [0, 0.1) is 5.21 Å². The van der Waals surface area contributed by atoms with Crippen LogP contribution in [0.15, 0.2) is 48.8 Å². The molecule has 0 N–H and O–H groups in total. The second-order valence-corrected chi connectivity index (χ2v) is 3.11. The highest BCUT2D eigenvalue weighted by atomic mass is 16.5. The highest BCUT2D eigenvalue weighted by Crippen LogP contribution is 2.05. The number of hydrogen-bond donors (Lipinski definition) is 0. The lowest BCUT2D eigenvalue weighted by Crippen LogP contribution is -2.29. The van der Waals surface area contributed by atoms with Crippen molar-refractivity contribution in [1.82, 2.24) is 5.10 Å². The molecule has 1 aromatic heterocycles. The van der Waals surface area contributed by atoms with Crippen LogP contribution >= 0.6 is 0 Å². The molecule has 74 valence electrons. The zero-order chi connectivity index (χ0) is 10.5. The van der Waals surface area contributed by atoms with E-state index in [9.17, 15) is 5.21 Å². The quantitative estimate of drug-likeness (QED) is 0.546. The van der Waals surface area contributed by atoms with Crippen molar-refractivity contribution in [2.75, 3.05) is 0 Å². The van der Waals surface area contributed by atoms with E-state index in [1.165, 1.54) is 12.4 Å². The van der Waals surface area contributed by atoms with Gasteiger partial charge in [-0.05, 0) is 17.7 Å². The summed E-state index contributed by atoms with van der Waals surface area (Å²) in [5.41, 5.74) is 1.94. The standard InChI is InChI=1S/C12H10N2O/c15-14-10-12(8-9-13-14)7-6-11-4-2-1-3-5-11/h1-10H/b7-6+. The van der Waals surface area contributed by atoms with E-state index in [1.807, 2.05) is 42.5 Å². The van der Waals surface area contributed by atoms with Crippen LogP contribution in [0.4, 0.5) is 0 Å². The summed E-state index contributed by atoms with van der Waals surface area (Å²) < 4.78 is 0. The third kappa shape index (κ3) is 2.64. The highest BCUT2D eigenvalue weighted by molar-refractivity contribution is 5.68. The van der Waals surface area contributed by atoms with E-state index >= 15 is 0 Å². The molecule has 3 nitrogen and oxygen atoms in total. The van der Waals surface area contributed by atoms with E-state index in [1.54, 1.807) is 6.07 Å². The summed E-state index contributed by atoms with van der Waals surface area (Å²) in [7, 11) is 0. The summed E-state index contributed by atoms with van der Waals surface area (Å²) >= 11 is 0. The van der Waals surface area contributed by atoms with Gasteiger partial charge in [-0.3, -0.25) is 0 Å². The minimum absolute atomic E-state index is 0.546. The van der Waals surface area contributed by atoms with Crippen LogP contribution in [0.3, 0.4) is 0 Å². The van der Waals surface area contributed by atoms with Crippen molar-refractivity contribution in [2.45, 2.75) is 0 Å². The van der Waals surface area contributed by atoms with E-state index in [0.717, 1.165) is 11.1 Å². The van der Waals surface area contributed by atoms with Crippen molar-refractivity contribution in [1.29, 1.82) is 0 Å². The Bertz CT molecular complexity index is 466. The summed E-state index contributed by atoms with van der Waals surface area (Å²) in [5, 5.41) is 14.4. The van der Waals surface area contributed by atoms with E-state index in [0.29, 0.717) is 4.85 Å². The molecule has 0 aliphatic rings. The predicted octanol–water partition coefficient (Wildman–Crippen LogP) is 1.89. The molecule has 0 aliphatic carbocycles. The summed E-state index contributed by atoms with van der Waals surface area (Å²) in [4.78, 5) is 0.546. The van der Waals surface area contributed by atoms with Crippen LogP contribution < -0.4 is 4.85 Å². The number of nitrogens with zero attached hydrogens (tertiary/aromatic N) is 2. The Morgan fingerprint density at radius 2 is 1.73 bits per heavy atom. The Morgan fingerprint density at radius 1 is 1.00 bits per heavy atom. The molecule has 2 rings (SSSR count). The largest absolute Gasteiger partial charge is 0.594 e. The highest BCUT2D eigenvalue weighted by Gasteiger charge is 1.92. The van der Waals surface area contributed by atoms with Crippen molar-refractivity contribution >= 4 is 12.2 Å². The van der Waals surface area contributed by atoms with Gasteiger partial charge in [-0.2, -0.15) is 0 Å². The van der Waals surface area contributed by atoms with E-state index < -0.39 is 0 Å². The molecule has 0 spiro atoms. The SMILES string of the molecule is [O-][n+]1cc(/C=C/c2ccccc2)ccn1. The van der Waals surface area contributed by atoms with Crippen molar-refractivity contribution < 1.29 is 4.85 Å². The molecule has 0 bridgehead atoms. The van der Waals surface area contributed by atoms with Gasteiger partial charge in [0, 0.05) is 10.7 Å².